The minimum Gasteiger partial charge on any atom is -0.434 e. The van der Waals surface area contributed by atoms with E-state index in [1.54, 1.807) is 18.2 Å². The summed E-state index contributed by atoms with van der Waals surface area (Å²) in [6.07, 6.45) is 0.545. The Hall–Kier alpha value is -1.16. The maximum Gasteiger partial charge on any atom is 0.387 e. The zero-order valence-corrected chi connectivity index (χ0v) is 11.0. The standard InChI is InChI=1S/C14H20F2O2/c1-14(2,3)9-8-11(17)10-6-4-5-7-12(10)18-13(15)16/h4-7,11,13,17H,8-9H2,1-3H3. The van der Waals surface area contributed by atoms with Crippen LogP contribution < -0.4 is 4.74 Å². The van der Waals surface area contributed by atoms with Gasteiger partial charge in [-0.2, -0.15) is 8.78 Å². The molecular weight excluding hydrogens is 238 g/mol. The van der Waals surface area contributed by atoms with Crippen LogP contribution in [0.5, 0.6) is 5.75 Å². The van der Waals surface area contributed by atoms with E-state index in [1.807, 2.05) is 0 Å². The molecule has 0 radical (unpaired) electrons. The Kier molecular flexibility index (Phi) is 5.08. The molecule has 0 fully saturated rings. The van der Waals surface area contributed by atoms with Crippen LogP contribution in [0.4, 0.5) is 8.78 Å². The second-order valence-electron chi connectivity index (χ2n) is 5.53. The van der Waals surface area contributed by atoms with E-state index in [-0.39, 0.29) is 11.2 Å². The molecular formula is C14H20F2O2. The quantitative estimate of drug-likeness (QED) is 0.859. The summed E-state index contributed by atoms with van der Waals surface area (Å²) in [5, 5.41) is 10.1. The lowest BCUT2D eigenvalue weighted by atomic mass is 9.88. The summed E-state index contributed by atoms with van der Waals surface area (Å²) in [4.78, 5) is 0. The molecule has 0 spiro atoms. The zero-order chi connectivity index (χ0) is 13.8. The molecule has 0 heterocycles. The summed E-state index contributed by atoms with van der Waals surface area (Å²) >= 11 is 0. The van der Waals surface area contributed by atoms with Gasteiger partial charge >= 0.3 is 6.61 Å². The van der Waals surface area contributed by atoms with Gasteiger partial charge in [-0.15, -0.1) is 0 Å². The highest BCUT2D eigenvalue weighted by Crippen LogP contribution is 2.32. The molecule has 0 saturated heterocycles. The van der Waals surface area contributed by atoms with E-state index in [9.17, 15) is 13.9 Å². The largest absolute Gasteiger partial charge is 0.434 e. The highest BCUT2D eigenvalue weighted by atomic mass is 19.3. The van der Waals surface area contributed by atoms with Crippen molar-refractivity contribution in [2.45, 2.75) is 46.3 Å². The summed E-state index contributed by atoms with van der Waals surface area (Å²) in [7, 11) is 0. The number of rotatable bonds is 5. The lowest BCUT2D eigenvalue weighted by molar-refractivity contribution is -0.0517. The predicted molar refractivity (Wildman–Crippen MR) is 66.7 cm³/mol. The molecule has 1 atom stereocenters. The van der Waals surface area contributed by atoms with Gasteiger partial charge < -0.3 is 9.84 Å². The van der Waals surface area contributed by atoms with Gasteiger partial charge in [-0.25, -0.2) is 0 Å². The van der Waals surface area contributed by atoms with Crippen LogP contribution in [-0.2, 0) is 0 Å². The van der Waals surface area contributed by atoms with Crippen molar-refractivity contribution in [2.24, 2.45) is 5.41 Å². The fourth-order valence-corrected chi connectivity index (χ4v) is 1.68. The number of halogens is 2. The number of ether oxygens (including phenoxy) is 1. The van der Waals surface area contributed by atoms with Crippen molar-refractivity contribution >= 4 is 0 Å². The number of aliphatic hydroxyl groups is 1. The van der Waals surface area contributed by atoms with E-state index in [1.165, 1.54) is 6.07 Å². The van der Waals surface area contributed by atoms with Crippen LogP contribution in [0.15, 0.2) is 24.3 Å². The second-order valence-corrected chi connectivity index (χ2v) is 5.53. The normalized spacial score (nSPS) is 13.7. The first kappa shape index (κ1) is 14.9. The van der Waals surface area contributed by atoms with Crippen molar-refractivity contribution in [3.8, 4) is 5.75 Å². The molecule has 0 amide bonds. The lowest BCUT2D eigenvalue weighted by Gasteiger charge is -2.21. The fourth-order valence-electron chi connectivity index (χ4n) is 1.68. The molecule has 0 saturated carbocycles. The van der Waals surface area contributed by atoms with Gasteiger partial charge in [-0.3, -0.25) is 0 Å². The van der Waals surface area contributed by atoms with Crippen LogP contribution >= 0.6 is 0 Å². The van der Waals surface area contributed by atoms with E-state index in [0.29, 0.717) is 12.0 Å². The predicted octanol–water partition coefficient (Wildman–Crippen LogP) is 4.15. The molecule has 18 heavy (non-hydrogen) atoms. The molecule has 1 rings (SSSR count). The summed E-state index contributed by atoms with van der Waals surface area (Å²) < 4.78 is 28.9. The highest BCUT2D eigenvalue weighted by Gasteiger charge is 2.18. The molecule has 0 aromatic heterocycles. The van der Waals surface area contributed by atoms with Crippen molar-refractivity contribution < 1.29 is 18.6 Å². The van der Waals surface area contributed by atoms with Gasteiger partial charge in [-0.1, -0.05) is 39.0 Å². The summed E-state index contributed by atoms with van der Waals surface area (Å²) in [5.41, 5.74) is 0.515. The SMILES string of the molecule is CC(C)(C)CCC(O)c1ccccc1OC(F)F. The molecule has 1 aromatic carbocycles. The molecule has 0 bridgehead atoms. The molecule has 1 unspecified atom stereocenters. The lowest BCUT2D eigenvalue weighted by Crippen LogP contribution is -2.10. The number of aliphatic hydroxyl groups excluding tert-OH is 1. The van der Waals surface area contributed by atoms with E-state index in [4.69, 9.17) is 0 Å². The van der Waals surface area contributed by atoms with Gasteiger partial charge in [-0.05, 0) is 24.3 Å². The van der Waals surface area contributed by atoms with E-state index in [0.717, 1.165) is 6.42 Å². The van der Waals surface area contributed by atoms with Crippen molar-refractivity contribution in [3.05, 3.63) is 29.8 Å². The van der Waals surface area contributed by atoms with E-state index < -0.39 is 12.7 Å². The number of hydrogen-bond donors (Lipinski definition) is 1. The van der Waals surface area contributed by atoms with Crippen molar-refractivity contribution in [1.29, 1.82) is 0 Å². The Labute approximate surface area is 107 Å². The molecule has 1 aromatic rings. The van der Waals surface area contributed by atoms with Gasteiger partial charge in [0, 0.05) is 5.56 Å². The van der Waals surface area contributed by atoms with Crippen LogP contribution in [0.3, 0.4) is 0 Å². The summed E-state index contributed by atoms with van der Waals surface area (Å²) in [6.45, 7) is 3.34. The van der Waals surface area contributed by atoms with Gasteiger partial charge in [0.05, 0.1) is 6.10 Å². The van der Waals surface area contributed by atoms with Gasteiger partial charge in [0.25, 0.3) is 0 Å². The molecule has 0 aliphatic carbocycles. The Morgan fingerprint density at radius 3 is 2.39 bits per heavy atom. The number of benzene rings is 1. The number of hydrogen-bond acceptors (Lipinski definition) is 2. The monoisotopic (exact) mass is 258 g/mol. The van der Waals surface area contributed by atoms with Crippen molar-refractivity contribution in [2.75, 3.05) is 0 Å². The smallest absolute Gasteiger partial charge is 0.387 e. The molecule has 0 aliphatic heterocycles. The van der Waals surface area contributed by atoms with Crippen LogP contribution in [0.1, 0.15) is 45.3 Å². The van der Waals surface area contributed by atoms with Gasteiger partial charge in [0.1, 0.15) is 5.75 Å². The first-order chi connectivity index (χ1) is 8.29. The highest BCUT2D eigenvalue weighted by molar-refractivity contribution is 5.35. The third-order valence-corrected chi connectivity index (χ3v) is 2.66. The van der Waals surface area contributed by atoms with Gasteiger partial charge in [0.15, 0.2) is 0 Å². The molecule has 102 valence electrons. The van der Waals surface area contributed by atoms with Crippen LogP contribution in [-0.4, -0.2) is 11.7 Å². The van der Waals surface area contributed by atoms with Crippen molar-refractivity contribution in [1.82, 2.24) is 0 Å². The van der Waals surface area contributed by atoms with E-state index in [2.05, 4.69) is 25.5 Å². The molecule has 2 nitrogen and oxygen atoms in total. The van der Waals surface area contributed by atoms with Gasteiger partial charge in [0.2, 0.25) is 0 Å². The zero-order valence-electron chi connectivity index (χ0n) is 11.0. The minimum atomic E-state index is -2.87. The Balaban J connectivity index is 2.75. The number of para-hydroxylation sites is 1. The summed E-state index contributed by atoms with van der Waals surface area (Å²) in [5.74, 6) is 0.0499. The minimum absolute atomic E-state index is 0.0499. The average molecular weight is 258 g/mol. The third-order valence-electron chi connectivity index (χ3n) is 2.66. The summed E-state index contributed by atoms with van der Waals surface area (Å²) in [6, 6.07) is 6.37. The maximum atomic E-state index is 12.2. The average Bonchev–Trinajstić information content (AvgIpc) is 2.25. The Bertz CT molecular complexity index is 372. The second kappa shape index (κ2) is 6.14. The maximum absolute atomic E-state index is 12.2. The Morgan fingerprint density at radius 1 is 1.22 bits per heavy atom. The van der Waals surface area contributed by atoms with Crippen LogP contribution in [0.25, 0.3) is 0 Å². The first-order valence-corrected chi connectivity index (χ1v) is 6.01. The molecule has 0 aliphatic rings. The molecule has 1 N–H and O–H groups in total. The van der Waals surface area contributed by atoms with E-state index >= 15 is 0 Å². The number of alkyl halides is 2. The fraction of sp³-hybridized carbons (Fsp3) is 0.571. The van der Waals surface area contributed by atoms with Crippen LogP contribution in [0.2, 0.25) is 0 Å². The topological polar surface area (TPSA) is 29.5 Å². The Morgan fingerprint density at radius 2 is 1.83 bits per heavy atom. The molecule has 4 heteroatoms. The third kappa shape index (κ3) is 5.00. The first-order valence-electron chi connectivity index (χ1n) is 6.01. The van der Waals surface area contributed by atoms with Crippen molar-refractivity contribution in [3.63, 3.8) is 0 Å². The van der Waals surface area contributed by atoms with Crippen LogP contribution in [0, 0.1) is 5.41 Å².